The second-order valence-electron chi connectivity index (χ2n) is 3.81. The smallest absolute Gasteiger partial charge is 0.351 e. The quantitative estimate of drug-likeness (QED) is 0.841. The minimum atomic E-state index is -1.29. The molecule has 5 heteroatoms. The highest BCUT2D eigenvalue weighted by Gasteiger charge is 2.13. The van der Waals surface area contributed by atoms with Crippen molar-refractivity contribution in [1.82, 2.24) is 0 Å². The maximum atomic E-state index is 11.4. The summed E-state index contributed by atoms with van der Waals surface area (Å²) in [6.45, 7) is 1.96. The van der Waals surface area contributed by atoms with Crippen molar-refractivity contribution >= 4 is 16.9 Å². The van der Waals surface area contributed by atoms with E-state index in [2.05, 4.69) is 0 Å². The zero-order chi connectivity index (χ0) is 13.3. The van der Waals surface area contributed by atoms with E-state index in [-0.39, 0.29) is 5.56 Å². The molecule has 0 aliphatic rings. The van der Waals surface area contributed by atoms with Gasteiger partial charge in [-0.3, -0.25) is 0 Å². The van der Waals surface area contributed by atoms with Crippen LogP contribution in [-0.4, -0.2) is 18.2 Å². The maximum absolute atomic E-state index is 11.4. The molecule has 1 aromatic heterocycles. The SMILES string of the molecule is CCc1cc2cc(C(=O)O)c(=O)oc2cc1OC. The van der Waals surface area contributed by atoms with Gasteiger partial charge in [0, 0.05) is 11.5 Å². The zero-order valence-electron chi connectivity index (χ0n) is 10.0. The molecule has 0 saturated heterocycles. The standard InChI is InChI=1S/C13H12O5/c1-3-7-4-8-5-9(12(14)15)13(16)18-11(8)6-10(7)17-2/h4-6H,3H2,1-2H3,(H,14,15). The summed E-state index contributed by atoms with van der Waals surface area (Å²) < 4.78 is 10.2. The van der Waals surface area contributed by atoms with E-state index in [0.717, 1.165) is 12.0 Å². The van der Waals surface area contributed by atoms with Crippen molar-refractivity contribution in [2.24, 2.45) is 0 Å². The van der Waals surface area contributed by atoms with E-state index in [4.69, 9.17) is 14.3 Å². The molecule has 0 aliphatic carbocycles. The number of fused-ring (bicyclic) bond motifs is 1. The molecular formula is C13H12O5. The van der Waals surface area contributed by atoms with Crippen LogP contribution in [0.4, 0.5) is 0 Å². The fourth-order valence-corrected chi connectivity index (χ4v) is 1.81. The fourth-order valence-electron chi connectivity index (χ4n) is 1.81. The highest BCUT2D eigenvalue weighted by Crippen LogP contribution is 2.26. The van der Waals surface area contributed by atoms with Gasteiger partial charge in [-0.1, -0.05) is 6.92 Å². The molecule has 1 N–H and O–H groups in total. The van der Waals surface area contributed by atoms with Crippen molar-refractivity contribution in [3.05, 3.63) is 39.7 Å². The number of aryl methyl sites for hydroxylation is 1. The lowest BCUT2D eigenvalue weighted by Gasteiger charge is -2.08. The van der Waals surface area contributed by atoms with Crippen molar-refractivity contribution in [3.63, 3.8) is 0 Å². The number of ether oxygens (including phenoxy) is 1. The third-order valence-electron chi connectivity index (χ3n) is 2.75. The average molecular weight is 248 g/mol. The minimum absolute atomic E-state index is 0.319. The monoisotopic (exact) mass is 248 g/mol. The Morgan fingerprint density at radius 2 is 2.11 bits per heavy atom. The highest BCUT2D eigenvalue weighted by atomic mass is 16.5. The molecule has 1 aromatic carbocycles. The van der Waals surface area contributed by atoms with Crippen LogP contribution in [0.25, 0.3) is 11.0 Å². The first kappa shape index (κ1) is 12.2. The van der Waals surface area contributed by atoms with Gasteiger partial charge in [0.25, 0.3) is 0 Å². The van der Waals surface area contributed by atoms with Crippen molar-refractivity contribution in [2.75, 3.05) is 7.11 Å². The number of benzene rings is 1. The van der Waals surface area contributed by atoms with Crippen LogP contribution in [0.15, 0.2) is 27.4 Å². The van der Waals surface area contributed by atoms with Crippen LogP contribution < -0.4 is 10.4 Å². The van der Waals surface area contributed by atoms with Gasteiger partial charge in [-0.05, 0) is 24.1 Å². The lowest BCUT2D eigenvalue weighted by molar-refractivity contribution is 0.0692. The zero-order valence-corrected chi connectivity index (χ0v) is 10.0. The Morgan fingerprint density at radius 1 is 1.39 bits per heavy atom. The predicted octanol–water partition coefficient (Wildman–Crippen LogP) is 2.06. The van der Waals surface area contributed by atoms with E-state index < -0.39 is 11.6 Å². The van der Waals surface area contributed by atoms with Crippen molar-refractivity contribution in [3.8, 4) is 5.75 Å². The number of methoxy groups -OCH3 is 1. The van der Waals surface area contributed by atoms with Crippen LogP contribution in [0.3, 0.4) is 0 Å². The third kappa shape index (κ3) is 1.95. The molecule has 0 spiro atoms. The topological polar surface area (TPSA) is 76.7 Å². The largest absolute Gasteiger partial charge is 0.496 e. The Labute approximate surface area is 103 Å². The Morgan fingerprint density at radius 3 is 2.67 bits per heavy atom. The Bertz CT molecular complexity index is 669. The van der Waals surface area contributed by atoms with Crippen molar-refractivity contribution in [2.45, 2.75) is 13.3 Å². The van der Waals surface area contributed by atoms with Crippen LogP contribution in [0.2, 0.25) is 0 Å². The van der Waals surface area contributed by atoms with Gasteiger partial charge in [0.1, 0.15) is 16.9 Å². The van der Waals surface area contributed by atoms with Gasteiger partial charge in [-0.15, -0.1) is 0 Å². The summed E-state index contributed by atoms with van der Waals surface area (Å²) in [4.78, 5) is 22.3. The summed E-state index contributed by atoms with van der Waals surface area (Å²) in [5, 5.41) is 9.44. The number of aromatic carboxylic acids is 1. The van der Waals surface area contributed by atoms with Gasteiger partial charge >= 0.3 is 11.6 Å². The van der Waals surface area contributed by atoms with Gasteiger partial charge < -0.3 is 14.3 Å². The molecule has 0 radical (unpaired) electrons. The number of rotatable bonds is 3. The number of hydrogen-bond acceptors (Lipinski definition) is 4. The molecule has 94 valence electrons. The first-order chi connectivity index (χ1) is 8.56. The van der Waals surface area contributed by atoms with Crippen LogP contribution >= 0.6 is 0 Å². The van der Waals surface area contributed by atoms with E-state index in [1.54, 1.807) is 12.1 Å². The molecule has 0 saturated carbocycles. The minimum Gasteiger partial charge on any atom is -0.496 e. The summed E-state index contributed by atoms with van der Waals surface area (Å²) in [6, 6.07) is 4.69. The normalized spacial score (nSPS) is 10.6. The molecule has 2 rings (SSSR count). The van der Waals surface area contributed by atoms with Gasteiger partial charge in [-0.25, -0.2) is 9.59 Å². The number of hydrogen-bond donors (Lipinski definition) is 1. The van der Waals surface area contributed by atoms with Crippen LogP contribution in [-0.2, 0) is 6.42 Å². The van der Waals surface area contributed by atoms with E-state index in [9.17, 15) is 9.59 Å². The molecule has 0 aliphatic heterocycles. The van der Waals surface area contributed by atoms with Crippen molar-refractivity contribution in [1.29, 1.82) is 0 Å². The van der Waals surface area contributed by atoms with Gasteiger partial charge in [-0.2, -0.15) is 0 Å². The van der Waals surface area contributed by atoms with Crippen LogP contribution in [0.5, 0.6) is 5.75 Å². The number of carboxylic acids is 1. The summed E-state index contributed by atoms with van der Waals surface area (Å²) in [7, 11) is 1.53. The molecule has 0 bridgehead atoms. The average Bonchev–Trinajstić information content (AvgIpc) is 2.36. The van der Waals surface area contributed by atoms with Crippen molar-refractivity contribution < 1.29 is 19.1 Å². The molecule has 2 aromatic rings. The summed E-state index contributed by atoms with van der Waals surface area (Å²) in [5.74, 6) is -0.671. The van der Waals surface area contributed by atoms with Gasteiger partial charge in [0.05, 0.1) is 7.11 Å². The molecule has 0 unspecified atom stereocenters. The summed E-state index contributed by atoms with van der Waals surface area (Å²) in [5.41, 5.74) is 0.0188. The first-order valence-electron chi connectivity index (χ1n) is 5.45. The lowest BCUT2D eigenvalue weighted by Crippen LogP contribution is -2.13. The van der Waals surface area contributed by atoms with E-state index in [1.165, 1.54) is 13.2 Å². The van der Waals surface area contributed by atoms with Crippen LogP contribution in [0.1, 0.15) is 22.8 Å². The van der Waals surface area contributed by atoms with E-state index >= 15 is 0 Å². The molecule has 5 nitrogen and oxygen atoms in total. The molecule has 1 heterocycles. The van der Waals surface area contributed by atoms with Gasteiger partial charge in [0.2, 0.25) is 0 Å². The Kier molecular flexibility index (Phi) is 3.06. The van der Waals surface area contributed by atoms with Gasteiger partial charge in [0.15, 0.2) is 0 Å². The predicted molar refractivity (Wildman–Crippen MR) is 65.4 cm³/mol. The molecular weight excluding hydrogens is 236 g/mol. The number of carbonyl (C=O) groups is 1. The van der Waals surface area contributed by atoms with E-state index in [0.29, 0.717) is 16.7 Å². The maximum Gasteiger partial charge on any atom is 0.351 e. The first-order valence-corrected chi connectivity index (χ1v) is 5.45. The Balaban J connectivity index is 2.78. The van der Waals surface area contributed by atoms with Crippen LogP contribution in [0, 0.1) is 0 Å². The molecule has 0 atom stereocenters. The third-order valence-corrected chi connectivity index (χ3v) is 2.75. The highest BCUT2D eigenvalue weighted by molar-refractivity contribution is 5.92. The molecule has 0 fully saturated rings. The summed E-state index contributed by atoms with van der Waals surface area (Å²) in [6.07, 6.45) is 0.737. The molecule has 18 heavy (non-hydrogen) atoms. The summed E-state index contributed by atoms with van der Waals surface area (Å²) >= 11 is 0. The Hall–Kier alpha value is -2.30. The second kappa shape index (κ2) is 4.52. The number of carboxylic acid groups (broad SMARTS) is 1. The molecule has 0 amide bonds. The van der Waals surface area contributed by atoms with E-state index in [1.807, 2.05) is 6.92 Å². The lowest BCUT2D eigenvalue weighted by atomic mass is 10.1. The fraction of sp³-hybridized carbons (Fsp3) is 0.231. The second-order valence-corrected chi connectivity index (χ2v) is 3.81.